The van der Waals surface area contributed by atoms with Crippen LogP contribution in [-0.4, -0.2) is 39.4 Å². The molecule has 0 saturated carbocycles. The van der Waals surface area contributed by atoms with Gasteiger partial charge >= 0.3 is 5.97 Å². The maximum Gasteiger partial charge on any atom is 0.313 e. The number of thioether (sulfide) groups is 1. The van der Waals surface area contributed by atoms with Crippen molar-refractivity contribution in [3.63, 3.8) is 0 Å². The van der Waals surface area contributed by atoms with Gasteiger partial charge in [-0.3, -0.25) is 9.59 Å². The predicted octanol–water partition coefficient (Wildman–Crippen LogP) is 1.10. The van der Waals surface area contributed by atoms with Gasteiger partial charge in [0.05, 0.1) is 23.9 Å². The minimum absolute atomic E-state index is 0.100. The SMILES string of the molecule is COc1ccc2nc(SCC(=O)O)n(CCC(N)=O)c2c1. The van der Waals surface area contributed by atoms with E-state index in [-0.39, 0.29) is 12.2 Å². The van der Waals surface area contributed by atoms with Crippen LogP contribution in [0.15, 0.2) is 23.4 Å². The number of carbonyl (C=O) groups excluding carboxylic acids is 1. The summed E-state index contributed by atoms with van der Waals surface area (Å²) in [6.07, 6.45) is 0.156. The Bertz CT molecular complexity index is 683. The monoisotopic (exact) mass is 309 g/mol. The van der Waals surface area contributed by atoms with Crippen molar-refractivity contribution in [2.75, 3.05) is 12.9 Å². The van der Waals surface area contributed by atoms with Crippen molar-refractivity contribution in [1.29, 1.82) is 0 Å². The van der Waals surface area contributed by atoms with Crippen LogP contribution in [0, 0.1) is 0 Å². The molecule has 1 aromatic heterocycles. The average Bonchev–Trinajstić information content (AvgIpc) is 2.79. The molecule has 7 nitrogen and oxygen atoms in total. The van der Waals surface area contributed by atoms with Crippen molar-refractivity contribution in [2.45, 2.75) is 18.1 Å². The fraction of sp³-hybridized carbons (Fsp3) is 0.308. The second-order valence-electron chi connectivity index (χ2n) is 4.30. The van der Waals surface area contributed by atoms with E-state index in [4.69, 9.17) is 15.6 Å². The largest absolute Gasteiger partial charge is 0.497 e. The zero-order valence-electron chi connectivity index (χ0n) is 11.4. The van der Waals surface area contributed by atoms with Crippen molar-refractivity contribution in [3.05, 3.63) is 18.2 Å². The summed E-state index contributed by atoms with van der Waals surface area (Å²) in [6, 6.07) is 5.37. The molecule has 0 radical (unpaired) electrons. The summed E-state index contributed by atoms with van der Waals surface area (Å²) >= 11 is 1.11. The summed E-state index contributed by atoms with van der Waals surface area (Å²) in [6.45, 7) is 0.348. The number of carboxylic acid groups (broad SMARTS) is 1. The van der Waals surface area contributed by atoms with E-state index in [1.165, 1.54) is 0 Å². The molecule has 1 aromatic carbocycles. The maximum atomic E-state index is 11.0. The van der Waals surface area contributed by atoms with Gasteiger partial charge in [-0.25, -0.2) is 4.98 Å². The van der Waals surface area contributed by atoms with Crippen LogP contribution in [0.2, 0.25) is 0 Å². The molecule has 0 saturated heterocycles. The van der Waals surface area contributed by atoms with E-state index < -0.39 is 11.9 Å². The number of methoxy groups -OCH3 is 1. The molecule has 0 aliphatic heterocycles. The lowest BCUT2D eigenvalue weighted by Crippen LogP contribution is -2.14. The number of fused-ring (bicyclic) bond motifs is 1. The number of carbonyl (C=O) groups is 2. The first-order valence-electron chi connectivity index (χ1n) is 6.18. The number of amides is 1. The molecular weight excluding hydrogens is 294 g/mol. The Labute approximate surface area is 125 Å². The number of benzene rings is 1. The molecule has 8 heteroatoms. The fourth-order valence-electron chi connectivity index (χ4n) is 1.88. The lowest BCUT2D eigenvalue weighted by Gasteiger charge is -2.07. The predicted molar refractivity (Wildman–Crippen MR) is 78.5 cm³/mol. The van der Waals surface area contributed by atoms with E-state index in [1.54, 1.807) is 29.9 Å². The number of ether oxygens (including phenoxy) is 1. The van der Waals surface area contributed by atoms with Gasteiger partial charge in [0.2, 0.25) is 5.91 Å². The van der Waals surface area contributed by atoms with Crippen LogP contribution in [0.4, 0.5) is 0 Å². The van der Waals surface area contributed by atoms with E-state index in [0.717, 1.165) is 17.3 Å². The molecular formula is C13H15N3O4S. The van der Waals surface area contributed by atoms with E-state index >= 15 is 0 Å². The average molecular weight is 309 g/mol. The lowest BCUT2D eigenvalue weighted by molar-refractivity contribution is -0.134. The first-order valence-corrected chi connectivity index (χ1v) is 7.17. The van der Waals surface area contributed by atoms with Crippen molar-refractivity contribution >= 4 is 34.7 Å². The number of hydrogen-bond donors (Lipinski definition) is 2. The second-order valence-corrected chi connectivity index (χ2v) is 5.24. The molecule has 0 atom stereocenters. The summed E-state index contributed by atoms with van der Waals surface area (Å²) in [5.41, 5.74) is 6.68. The first kappa shape index (κ1) is 15.2. The van der Waals surface area contributed by atoms with Gasteiger partial charge in [0.25, 0.3) is 0 Å². The maximum absolute atomic E-state index is 11.0. The number of nitrogens with two attached hydrogens (primary N) is 1. The number of rotatable bonds is 7. The Morgan fingerprint density at radius 3 is 2.86 bits per heavy atom. The highest BCUT2D eigenvalue weighted by Crippen LogP contribution is 2.27. The van der Waals surface area contributed by atoms with E-state index in [0.29, 0.717) is 23.0 Å². The third-order valence-electron chi connectivity index (χ3n) is 2.83. The van der Waals surface area contributed by atoms with E-state index in [9.17, 15) is 9.59 Å². The normalized spacial score (nSPS) is 10.7. The molecule has 1 heterocycles. The first-order chi connectivity index (χ1) is 10.0. The minimum atomic E-state index is -0.925. The molecule has 21 heavy (non-hydrogen) atoms. The second kappa shape index (κ2) is 6.49. The molecule has 0 aliphatic carbocycles. The van der Waals surface area contributed by atoms with Crippen LogP contribution in [0.5, 0.6) is 5.75 Å². The van der Waals surface area contributed by atoms with Gasteiger partial charge in [0.15, 0.2) is 5.16 Å². The summed E-state index contributed by atoms with van der Waals surface area (Å²) in [5, 5.41) is 9.33. The fourth-order valence-corrected chi connectivity index (χ4v) is 2.64. The van der Waals surface area contributed by atoms with Crippen molar-refractivity contribution in [1.82, 2.24) is 9.55 Å². The van der Waals surface area contributed by atoms with Gasteiger partial charge in [0, 0.05) is 19.0 Å². The van der Waals surface area contributed by atoms with Crippen molar-refractivity contribution in [2.24, 2.45) is 5.73 Å². The van der Waals surface area contributed by atoms with Gasteiger partial charge in [-0.2, -0.15) is 0 Å². The molecule has 3 N–H and O–H groups in total. The van der Waals surface area contributed by atoms with Gasteiger partial charge < -0.3 is 20.1 Å². The van der Waals surface area contributed by atoms with Gasteiger partial charge in [-0.1, -0.05) is 11.8 Å². The summed E-state index contributed by atoms with van der Waals surface area (Å²) in [5.74, 6) is -0.783. The number of imidazole rings is 1. The highest BCUT2D eigenvalue weighted by molar-refractivity contribution is 7.99. The molecule has 0 aliphatic rings. The number of carboxylic acids is 1. The number of nitrogens with zero attached hydrogens (tertiary/aromatic N) is 2. The van der Waals surface area contributed by atoms with E-state index in [1.807, 2.05) is 0 Å². The molecule has 0 spiro atoms. The van der Waals surface area contributed by atoms with Crippen LogP contribution in [0.3, 0.4) is 0 Å². The number of aromatic nitrogens is 2. The van der Waals surface area contributed by atoms with Crippen LogP contribution in [0.25, 0.3) is 11.0 Å². The Balaban J connectivity index is 2.41. The van der Waals surface area contributed by atoms with Crippen LogP contribution < -0.4 is 10.5 Å². The van der Waals surface area contributed by atoms with Crippen LogP contribution >= 0.6 is 11.8 Å². The number of hydrogen-bond acceptors (Lipinski definition) is 5. The van der Waals surface area contributed by atoms with Gasteiger partial charge in [-0.05, 0) is 12.1 Å². The zero-order chi connectivity index (χ0) is 15.4. The minimum Gasteiger partial charge on any atom is -0.497 e. The van der Waals surface area contributed by atoms with Crippen LogP contribution in [0.1, 0.15) is 6.42 Å². The third-order valence-corrected chi connectivity index (χ3v) is 3.79. The van der Waals surface area contributed by atoms with Crippen molar-refractivity contribution < 1.29 is 19.4 Å². The summed E-state index contributed by atoms with van der Waals surface area (Å²) in [7, 11) is 1.56. The van der Waals surface area contributed by atoms with Gasteiger partial charge in [0.1, 0.15) is 5.75 Å². The molecule has 0 unspecified atom stereocenters. The third kappa shape index (κ3) is 3.66. The molecule has 112 valence electrons. The standard InChI is InChI=1S/C13H15N3O4S/c1-20-8-2-3-9-10(6-8)16(5-4-11(14)17)13(15-9)21-7-12(18)19/h2-3,6H,4-5,7H2,1H3,(H2,14,17)(H,18,19). The summed E-state index contributed by atoms with van der Waals surface area (Å²) < 4.78 is 6.96. The Morgan fingerprint density at radius 1 is 1.48 bits per heavy atom. The van der Waals surface area contributed by atoms with E-state index in [2.05, 4.69) is 4.98 Å². The van der Waals surface area contributed by atoms with Gasteiger partial charge in [-0.15, -0.1) is 0 Å². The molecule has 2 rings (SSSR count). The lowest BCUT2D eigenvalue weighted by atomic mass is 10.3. The smallest absolute Gasteiger partial charge is 0.313 e. The Hall–Kier alpha value is -2.22. The van der Waals surface area contributed by atoms with Crippen LogP contribution in [-0.2, 0) is 16.1 Å². The number of aliphatic carboxylic acids is 1. The highest BCUT2D eigenvalue weighted by Gasteiger charge is 2.14. The Kier molecular flexibility index (Phi) is 4.69. The molecule has 0 bridgehead atoms. The molecule has 0 fully saturated rings. The molecule has 2 aromatic rings. The van der Waals surface area contributed by atoms with Crippen molar-refractivity contribution in [3.8, 4) is 5.75 Å². The zero-order valence-corrected chi connectivity index (χ0v) is 12.2. The Morgan fingerprint density at radius 2 is 2.24 bits per heavy atom. The molecule has 1 amide bonds. The topological polar surface area (TPSA) is 107 Å². The highest BCUT2D eigenvalue weighted by atomic mass is 32.2. The summed E-state index contributed by atoms with van der Waals surface area (Å²) in [4.78, 5) is 26.1. The quantitative estimate of drug-likeness (QED) is 0.741. The number of aryl methyl sites for hydroxylation is 1. The number of primary amides is 1.